The number of likely N-dealkylation sites (tertiary alicyclic amines) is 1. The quantitative estimate of drug-likeness (QED) is 0.421. The van der Waals surface area contributed by atoms with E-state index in [9.17, 15) is 0 Å². The average Bonchev–Trinajstić information content (AvgIpc) is 2.92. The number of hydrogen-bond donors (Lipinski definition) is 2. The number of guanidine groups is 1. The van der Waals surface area contributed by atoms with Gasteiger partial charge in [-0.25, -0.2) is 9.98 Å². The molecule has 0 saturated carbocycles. The zero-order valence-electron chi connectivity index (χ0n) is 16.4. The van der Waals surface area contributed by atoms with E-state index in [0.717, 1.165) is 35.7 Å². The van der Waals surface area contributed by atoms with Gasteiger partial charge in [0.25, 0.3) is 0 Å². The van der Waals surface area contributed by atoms with Gasteiger partial charge in [0.1, 0.15) is 5.01 Å². The number of aryl methyl sites for hydroxylation is 2. The van der Waals surface area contributed by atoms with Crippen LogP contribution in [0.4, 0.5) is 0 Å². The van der Waals surface area contributed by atoms with Crippen LogP contribution in [0.25, 0.3) is 0 Å². The van der Waals surface area contributed by atoms with Crippen LogP contribution in [-0.2, 0) is 6.54 Å². The van der Waals surface area contributed by atoms with Crippen molar-refractivity contribution >= 4 is 17.3 Å². The summed E-state index contributed by atoms with van der Waals surface area (Å²) >= 11 is 1.74. The standard InChI is InChI=1S/C19H35N5S/c1-5-20-19(22-14-18-23-16(3)17(4)25-18)21-10-6-7-11-24-12-8-15(2)9-13-24/h15H,5-14H2,1-4H3,(H2,20,21,22). The molecule has 2 rings (SSSR count). The molecule has 25 heavy (non-hydrogen) atoms. The molecule has 0 aliphatic carbocycles. The summed E-state index contributed by atoms with van der Waals surface area (Å²) in [6, 6.07) is 0. The Morgan fingerprint density at radius 1 is 1.24 bits per heavy atom. The van der Waals surface area contributed by atoms with Crippen molar-refractivity contribution in [1.82, 2.24) is 20.5 Å². The fourth-order valence-corrected chi connectivity index (χ4v) is 3.91. The lowest BCUT2D eigenvalue weighted by molar-refractivity contribution is 0.189. The van der Waals surface area contributed by atoms with Gasteiger partial charge in [-0.1, -0.05) is 6.92 Å². The molecule has 1 fully saturated rings. The molecular formula is C19H35N5S. The predicted molar refractivity (Wildman–Crippen MR) is 108 cm³/mol. The second-order valence-electron chi connectivity index (χ2n) is 7.10. The molecule has 0 aromatic carbocycles. The summed E-state index contributed by atoms with van der Waals surface area (Å²) in [4.78, 5) is 13.1. The van der Waals surface area contributed by atoms with Crippen LogP contribution in [0.2, 0.25) is 0 Å². The van der Waals surface area contributed by atoms with E-state index in [4.69, 9.17) is 0 Å². The Kier molecular flexibility index (Phi) is 8.68. The Balaban J connectivity index is 1.65. The maximum absolute atomic E-state index is 4.67. The highest BCUT2D eigenvalue weighted by atomic mass is 32.1. The van der Waals surface area contributed by atoms with E-state index in [2.05, 4.69) is 53.2 Å². The molecule has 2 heterocycles. The van der Waals surface area contributed by atoms with Crippen LogP contribution >= 0.6 is 11.3 Å². The van der Waals surface area contributed by atoms with Gasteiger partial charge < -0.3 is 15.5 Å². The monoisotopic (exact) mass is 365 g/mol. The Morgan fingerprint density at radius 3 is 2.64 bits per heavy atom. The van der Waals surface area contributed by atoms with Crippen LogP contribution < -0.4 is 10.6 Å². The number of nitrogens with one attached hydrogen (secondary N) is 2. The zero-order chi connectivity index (χ0) is 18.1. The zero-order valence-corrected chi connectivity index (χ0v) is 17.2. The van der Waals surface area contributed by atoms with E-state index >= 15 is 0 Å². The largest absolute Gasteiger partial charge is 0.357 e. The summed E-state index contributed by atoms with van der Waals surface area (Å²) in [6.07, 6.45) is 5.17. The van der Waals surface area contributed by atoms with Gasteiger partial charge in [0.15, 0.2) is 5.96 Å². The Labute approximate surface area is 157 Å². The molecule has 0 bridgehead atoms. The first-order valence-corrected chi connectivity index (χ1v) is 10.6. The first kappa shape index (κ1) is 20.2. The molecule has 1 aromatic rings. The molecule has 0 spiro atoms. The Hall–Kier alpha value is -1.14. The van der Waals surface area contributed by atoms with Crippen LogP contribution in [0.5, 0.6) is 0 Å². The molecule has 0 radical (unpaired) electrons. The molecule has 6 heteroatoms. The van der Waals surface area contributed by atoms with Gasteiger partial charge in [-0.15, -0.1) is 11.3 Å². The van der Waals surface area contributed by atoms with Crippen molar-refractivity contribution < 1.29 is 0 Å². The van der Waals surface area contributed by atoms with Crippen molar-refractivity contribution in [3.63, 3.8) is 0 Å². The Bertz CT molecular complexity index is 512. The molecule has 142 valence electrons. The van der Waals surface area contributed by atoms with Gasteiger partial charge in [0.05, 0.1) is 12.2 Å². The first-order valence-electron chi connectivity index (χ1n) is 9.76. The molecule has 0 amide bonds. The van der Waals surface area contributed by atoms with Gasteiger partial charge in [0, 0.05) is 18.0 Å². The first-order chi connectivity index (χ1) is 12.1. The third-order valence-corrected chi connectivity index (χ3v) is 5.92. The number of unbranched alkanes of at least 4 members (excludes halogenated alkanes) is 1. The number of thiazole rings is 1. The molecule has 0 unspecified atom stereocenters. The average molecular weight is 366 g/mol. The van der Waals surface area contributed by atoms with E-state index < -0.39 is 0 Å². The lowest BCUT2D eigenvalue weighted by Crippen LogP contribution is -2.38. The lowest BCUT2D eigenvalue weighted by Gasteiger charge is -2.30. The maximum Gasteiger partial charge on any atom is 0.191 e. The highest BCUT2D eigenvalue weighted by Gasteiger charge is 2.14. The third-order valence-electron chi connectivity index (χ3n) is 4.86. The van der Waals surface area contributed by atoms with Crippen LogP contribution in [0.1, 0.15) is 55.1 Å². The molecule has 1 saturated heterocycles. The summed E-state index contributed by atoms with van der Waals surface area (Å²) in [5.41, 5.74) is 1.13. The summed E-state index contributed by atoms with van der Waals surface area (Å²) in [5, 5.41) is 7.87. The fourth-order valence-electron chi connectivity index (χ4n) is 3.05. The van der Waals surface area contributed by atoms with Gasteiger partial charge in [0.2, 0.25) is 0 Å². The maximum atomic E-state index is 4.67. The molecule has 1 aliphatic heterocycles. The number of nitrogens with zero attached hydrogens (tertiary/aromatic N) is 3. The minimum absolute atomic E-state index is 0.653. The van der Waals surface area contributed by atoms with Crippen molar-refractivity contribution in [3.05, 3.63) is 15.6 Å². The van der Waals surface area contributed by atoms with E-state index in [1.807, 2.05) is 0 Å². The minimum atomic E-state index is 0.653. The molecule has 2 N–H and O–H groups in total. The van der Waals surface area contributed by atoms with Gasteiger partial charge in [-0.2, -0.15) is 0 Å². The number of hydrogen-bond acceptors (Lipinski definition) is 4. The van der Waals surface area contributed by atoms with Crippen LogP contribution in [0, 0.1) is 19.8 Å². The highest BCUT2D eigenvalue weighted by molar-refractivity contribution is 7.11. The van der Waals surface area contributed by atoms with E-state index in [1.165, 1.54) is 50.2 Å². The molecular weight excluding hydrogens is 330 g/mol. The fraction of sp³-hybridized carbons (Fsp3) is 0.789. The topological polar surface area (TPSA) is 52.6 Å². The number of aromatic nitrogens is 1. The minimum Gasteiger partial charge on any atom is -0.357 e. The summed E-state index contributed by atoms with van der Waals surface area (Å²) in [7, 11) is 0. The van der Waals surface area contributed by atoms with Crippen LogP contribution in [0.3, 0.4) is 0 Å². The van der Waals surface area contributed by atoms with Gasteiger partial charge in [-0.3, -0.25) is 0 Å². The lowest BCUT2D eigenvalue weighted by atomic mass is 9.99. The van der Waals surface area contributed by atoms with Crippen LogP contribution in [-0.4, -0.2) is 48.6 Å². The summed E-state index contributed by atoms with van der Waals surface area (Å²) in [6.45, 7) is 15.0. The van der Waals surface area contributed by atoms with E-state index in [0.29, 0.717) is 6.54 Å². The Morgan fingerprint density at radius 2 is 2.00 bits per heavy atom. The third kappa shape index (κ3) is 7.32. The van der Waals surface area contributed by atoms with Crippen molar-refractivity contribution in [1.29, 1.82) is 0 Å². The van der Waals surface area contributed by atoms with E-state index in [1.54, 1.807) is 11.3 Å². The number of rotatable bonds is 8. The second-order valence-corrected chi connectivity index (χ2v) is 8.39. The summed E-state index contributed by atoms with van der Waals surface area (Å²) < 4.78 is 0. The van der Waals surface area contributed by atoms with Crippen LogP contribution in [0.15, 0.2) is 4.99 Å². The molecule has 1 aliphatic rings. The smallest absolute Gasteiger partial charge is 0.191 e. The molecule has 5 nitrogen and oxygen atoms in total. The van der Waals surface area contributed by atoms with E-state index in [-0.39, 0.29) is 0 Å². The SMILES string of the molecule is CCNC(=NCc1nc(C)c(C)s1)NCCCCN1CCC(C)CC1. The molecule has 0 atom stereocenters. The van der Waals surface area contributed by atoms with Crippen molar-refractivity contribution in [2.24, 2.45) is 10.9 Å². The summed E-state index contributed by atoms with van der Waals surface area (Å²) in [5.74, 6) is 1.82. The number of piperidine rings is 1. The second kappa shape index (κ2) is 10.8. The van der Waals surface area contributed by atoms with Crippen molar-refractivity contribution in [2.45, 2.75) is 59.9 Å². The van der Waals surface area contributed by atoms with Crippen molar-refractivity contribution in [2.75, 3.05) is 32.7 Å². The van der Waals surface area contributed by atoms with Crippen molar-refractivity contribution in [3.8, 4) is 0 Å². The molecule has 1 aromatic heterocycles. The normalized spacial score (nSPS) is 17.0. The number of aliphatic imine (C=N–C) groups is 1. The predicted octanol–water partition coefficient (Wildman–Crippen LogP) is 3.33. The van der Waals surface area contributed by atoms with Gasteiger partial charge in [-0.05, 0) is 72.0 Å². The highest BCUT2D eigenvalue weighted by Crippen LogP contribution is 2.17. The van der Waals surface area contributed by atoms with Gasteiger partial charge >= 0.3 is 0 Å².